The summed E-state index contributed by atoms with van der Waals surface area (Å²) in [6.45, 7) is 0. The molecule has 4 heteroatoms. The van der Waals surface area contributed by atoms with Crippen LogP contribution in [0.5, 0.6) is 17.2 Å². The number of fused-ring (bicyclic) bond motifs is 1. The molecule has 0 N–H and O–H groups in total. The van der Waals surface area contributed by atoms with Gasteiger partial charge in [-0.05, 0) is 50.0 Å². The Hall–Kier alpha value is -2.75. The van der Waals surface area contributed by atoms with Crippen molar-refractivity contribution >= 4 is 11.4 Å². The quantitative estimate of drug-likeness (QED) is 0.711. The lowest BCUT2D eigenvalue weighted by atomic mass is 9.79. The van der Waals surface area contributed by atoms with E-state index >= 15 is 0 Å². The summed E-state index contributed by atoms with van der Waals surface area (Å²) in [6.07, 6.45) is 7.39. The molecule has 1 aliphatic heterocycles. The fraction of sp³-hybridized carbons (Fsp3) is 0.348. The van der Waals surface area contributed by atoms with Crippen molar-refractivity contribution < 1.29 is 19.0 Å². The van der Waals surface area contributed by atoms with Gasteiger partial charge in [0.1, 0.15) is 22.8 Å². The standard InChI is InChI=1S/C23H24O4/c1-25-16-10-11-18(21(14-16)26-2)22(24)19-15-23(12-6-3-7-13-23)27-20-9-5-4-8-17(19)20/h4-5,8-11,14-15H,3,6-7,12-13H2,1-2H3. The first-order valence-electron chi connectivity index (χ1n) is 9.44. The van der Waals surface area contributed by atoms with Gasteiger partial charge < -0.3 is 14.2 Å². The number of Topliss-reactive ketones (excluding diaryl/α,β-unsaturated/α-hetero) is 1. The lowest BCUT2D eigenvalue weighted by molar-refractivity contribution is 0.0733. The van der Waals surface area contributed by atoms with E-state index in [-0.39, 0.29) is 11.4 Å². The number of ketones is 1. The van der Waals surface area contributed by atoms with Crippen molar-refractivity contribution in [2.75, 3.05) is 14.2 Å². The molecule has 0 saturated heterocycles. The number of methoxy groups -OCH3 is 2. The molecule has 0 bridgehead atoms. The van der Waals surface area contributed by atoms with E-state index in [0.29, 0.717) is 22.6 Å². The highest BCUT2D eigenvalue weighted by Crippen LogP contribution is 2.44. The maximum atomic E-state index is 13.5. The van der Waals surface area contributed by atoms with Crippen molar-refractivity contribution in [2.24, 2.45) is 0 Å². The molecule has 140 valence electrons. The zero-order chi connectivity index (χ0) is 18.9. The lowest BCUT2D eigenvalue weighted by Crippen LogP contribution is -2.39. The molecule has 1 aliphatic carbocycles. The molecule has 1 heterocycles. The highest BCUT2D eigenvalue weighted by Gasteiger charge is 2.38. The summed E-state index contributed by atoms with van der Waals surface area (Å²) in [7, 11) is 3.17. The largest absolute Gasteiger partial charge is 0.497 e. The van der Waals surface area contributed by atoms with Crippen LogP contribution in [0, 0.1) is 0 Å². The monoisotopic (exact) mass is 364 g/mol. The van der Waals surface area contributed by atoms with Gasteiger partial charge in [-0.1, -0.05) is 24.6 Å². The fourth-order valence-electron chi connectivity index (χ4n) is 4.08. The number of ether oxygens (including phenoxy) is 3. The zero-order valence-electron chi connectivity index (χ0n) is 15.8. The van der Waals surface area contributed by atoms with E-state index < -0.39 is 0 Å². The van der Waals surface area contributed by atoms with Crippen LogP contribution in [0.15, 0.2) is 48.5 Å². The van der Waals surface area contributed by atoms with Gasteiger partial charge in [0.15, 0.2) is 5.78 Å². The Morgan fingerprint density at radius 2 is 1.78 bits per heavy atom. The Kier molecular flexibility index (Phi) is 4.65. The second-order valence-corrected chi connectivity index (χ2v) is 7.18. The SMILES string of the molecule is COc1ccc(C(=O)C2=CC3(CCCCC3)Oc3ccccc32)c(OC)c1. The van der Waals surface area contributed by atoms with Gasteiger partial charge in [0, 0.05) is 17.2 Å². The van der Waals surface area contributed by atoms with E-state index in [9.17, 15) is 4.79 Å². The fourth-order valence-corrected chi connectivity index (χ4v) is 4.08. The summed E-state index contributed by atoms with van der Waals surface area (Å²) in [4.78, 5) is 13.5. The first-order chi connectivity index (χ1) is 13.2. The molecule has 2 aliphatic rings. The van der Waals surface area contributed by atoms with Crippen LogP contribution in [0.4, 0.5) is 0 Å². The molecule has 2 aromatic carbocycles. The molecule has 0 amide bonds. The highest BCUT2D eigenvalue weighted by atomic mass is 16.5. The van der Waals surface area contributed by atoms with Crippen LogP contribution in [0.25, 0.3) is 5.57 Å². The van der Waals surface area contributed by atoms with Crippen LogP contribution < -0.4 is 14.2 Å². The number of carbonyl (C=O) groups excluding carboxylic acids is 1. The Morgan fingerprint density at radius 1 is 1.00 bits per heavy atom. The van der Waals surface area contributed by atoms with E-state index in [1.165, 1.54) is 6.42 Å². The van der Waals surface area contributed by atoms with Crippen molar-refractivity contribution in [1.82, 2.24) is 0 Å². The Morgan fingerprint density at radius 3 is 2.52 bits per heavy atom. The number of rotatable bonds is 4. The number of allylic oxidation sites excluding steroid dienone is 1. The predicted octanol–water partition coefficient (Wildman–Crippen LogP) is 5.07. The smallest absolute Gasteiger partial charge is 0.197 e. The molecule has 0 unspecified atom stereocenters. The van der Waals surface area contributed by atoms with Crippen molar-refractivity contribution in [1.29, 1.82) is 0 Å². The van der Waals surface area contributed by atoms with Gasteiger partial charge in [0.05, 0.1) is 19.8 Å². The summed E-state index contributed by atoms with van der Waals surface area (Å²) >= 11 is 0. The Labute approximate surface area is 159 Å². The average molecular weight is 364 g/mol. The number of hydrogen-bond donors (Lipinski definition) is 0. The Bertz CT molecular complexity index is 891. The van der Waals surface area contributed by atoms with Gasteiger partial charge in [0.25, 0.3) is 0 Å². The van der Waals surface area contributed by atoms with Gasteiger partial charge in [-0.3, -0.25) is 4.79 Å². The number of para-hydroxylation sites is 1. The average Bonchev–Trinajstić information content (AvgIpc) is 2.72. The van der Waals surface area contributed by atoms with E-state index in [1.807, 2.05) is 24.3 Å². The summed E-state index contributed by atoms with van der Waals surface area (Å²) in [5.74, 6) is 1.92. The second-order valence-electron chi connectivity index (χ2n) is 7.18. The summed E-state index contributed by atoms with van der Waals surface area (Å²) in [6, 6.07) is 13.1. The van der Waals surface area contributed by atoms with Crippen molar-refractivity contribution in [3.63, 3.8) is 0 Å². The van der Waals surface area contributed by atoms with Crippen LogP contribution in [-0.4, -0.2) is 25.6 Å². The van der Waals surface area contributed by atoms with Gasteiger partial charge in [-0.15, -0.1) is 0 Å². The van der Waals surface area contributed by atoms with Crippen molar-refractivity contribution in [3.8, 4) is 17.2 Å². The topological polar surface area (TPSA) is 44.8 Å². The molecule has 1 saturated carbocycles. The molecule has 4 rings (SSSR count). The molecular weight excluding hydrogens is 340 g/mol. The molecule has 0 radical (unpaired) electrons. The minimum Gasteiger partial charge on any atom is -0.497 e. The van der Waals surface area contributed by atoms with E-state index in [1.54, 1.807) is 32.4 Å². The molecule has 2 aromatic rings. The molecule has 0 aromatic heterocycles. The van der Waals surface area contributed by atoms with E-state index in [0.717, 1.165) is 37.0 Å². The lowest BCUT2D eigenvalue weighted by Gasteiger charge is -2.39. The summed E-state index contributed by atoms with van der Waals surface area (Å²) in [5.41, 5.74) is 1.70. The third kappa shape index (κ3) is 3.20. The van der Waals surface area contributed by atoms with Gasteiger partial charge >= 0.3 is 0 Å². The zero-order valence-corrected chi connectivity index (χ0v) is 15.8. The summed E-state index contributed by atoms with van der Waals surface area (Å²) < 4.78 is 17.1. The minimum absolute atomic E-state index is 0.0461. The molecule has 4 nitrogen and oxygen atoms in total. The van der Waals surface area contributed by atoms with Crippen LogP contribution >= 0.6 is 0 Å². The van der Waals surface area contributed by atoms with Gasteiger partial charge in [-0.25, -0.2) is 0 Å². The third-order valence-electron chi connectivity index (χ3n) is 5.50. The minimum atomic E-state index is -0.378. The van der Waals surface area contributed by atoms with Crippen LogP contribution in [0.1, 0.15) is 48.0 Å². The van der Waals surface area contributed by atoms with E-state index in [2.05, 4.69) is 6.08 Å². The highest BCUT2D eigenvalue weighted by molar-refractivity contribution is 6.30. The van der Waals surface area contributed by atoms with E-state index in [4.69, 9.17) is 14.2 Å². The van der Waals surface area contributed by atoms with Crippen LogP contribution in [0.2, 0.25) is 0 Å². The van der Waals surface area contributed by atoms with Gasteiger partial charge in [-0.2, -0.15) is 0 Å². The maximum Gasteiger partial charge on any atom is 0.197 e. The first-order valence-corrected chi connectivity index (χ1v) is 9.44. The Balaban J connectivity index is 1.81. The normalized spacial score (nSPS) is 17.5. The molecule has 1 spiro atoms. The molecular formula is C23H24O4. The molecule has 27 heavy (non-hydrogen) atoms. The van der Waals surface area contributed by atoms with Gasteiger partial charge in [0.2, 0.25) is 0 Å². The molecule has 0 atom stereocenters. The first kappa shape index (κ1) is 17.7. The number of carbonyl (C=O) groups is 1. The number of hydrogen-bond acceptors (Lipinski definition) is 4. The van der Waals surface area contributed by atoms with Crippen LogP contribution in [0.3, 0.4) is 0 Å². The molecule has 1 fully saturated rings. The van der Waals surface area contributed by atoms with Crippen molar-refractivity contribution in [3.05, 3.63) is 59.7 Å². The van der Waals surface area contributed by atoms with Crippen LogP contribution in [-0.2, 0) is 0 Å². The number of benzene rings is 2. The second kappa shape index (κ2) is 7.10. The predicted molar refractivity (Wildman–Crippen MR) is 105 cm³/mol. The summed E-state index contributed by atoms with van der Waals surface area (Å²) in [5, 5.41) is 0. The maximum absolute atomic E-state index is 13.5. The third-order valence-corrected chi connectivity index (χ3v) is 5.50. The van der Waals surface area contributed by atoms with Crippen molar-refractivity contribution in [2.45, 2.75) is 37.7 Å².